The normalized spacial score (nSPS) is 21.6. The van der Waals surface area contributed by atoms with Crippen LogP contribution in [0, 0.1) is 0 Å². The molecule has 17 heavy (non-hydrogen) atoms. The number of nitrogens with zero attached hydrogens (tertiary/aromatic N) is 1. The van der Waals surface area contributed by atoms with Crippen molar-refractivity contribution in [1.82, 2.24) is 4.90 Å². The van der Waals surface area contributed by atoms with Gasteiger partial charge in [-0.05, 0) is 24.1 Å². The van der Waals surface area contributed by atoms with Gasteiger partial charge in [0.05, 0.1) is 0 Å². The van der Waals surface area contributed by atoms with Crippen LogP contribution in [0.2, 0.25) is 5.02 Å². The number of halogens is 1. The van der Waals surface area contributed by atoms with Crippen LogP contribution in [0.1, 0.15) is 18.9 Å². The quantitative estimate of drug-likeness (QED) is 0.855. The standard InChI is InChI=1S/C13H19ClN2S/c1-2-12-9-16(5-6-17-12)8-10-3-4-11(15)7-13(10)14/h3-4,7,12H,2,5-6,8-9,15H2,1H3. The van der Waals surface area contributed by atoms with Gasteiger partial charge in [-0.25, -0.2) is 0 Å². The van der Waals surface area contributed by atoms with Crippen molar-refractivity contribution >= 4 is 29.1 Å². The Bertz CT molecular complexity index is 384. The number of nitrogens with two attached hydrogens (primary N) is 1. The van der Waals surface area contributed by atoms with Crippen molar-refractivity contribution in [3.8, 4) is 0 Å². The lowest BCUT2D eigenvalue weighted by molar-refractivity contribution is 0.273. The van der Waals surface area contributed by atoms with Crippen LogP contribution in [0.5, 0.6) is 0 Å². The third-order valence-electron chi connectivity index (χ3n) is 3.15. The summed E-state index contributed by atoms with van der Waals surface area (Å²) >= 11 is 8.30. The van der Waals surface area contributed by atoms with Crippen molar-refractivity contribution in [3.63, 3.8) is 0 Å². The minimum atomic E-state index is 0.736. The summed E-state index contributed by atoms with van der Waals surface area (Å²) in [6.45, 7) is 5.53. The van der Waals surface area contributed by atoms with Crippen molar-refractivity contribution in [2.24, 2.45) is 0 Å². The van der Waals surface area contributed by atoms with E-state index in [-0.39, 0.29) is 0 Å². The summed E-state index contributed by atoms with van der Waals surface area (Å²) in [5.74, 6) is 1.23. The first-order valence-corrected chi connectivity index (χ1v) is 7.49. The largest absolute Gasteiger partial charge is 0.399 e. The van der Waals surface area contributed by atoms with Crippen LogP contribution >= 0.6 is 23.4 Å². The molecule has 1 saturated heterocycles. The van der Waals surface area contributed by atoms with E-state index in [4.69, 9.17) is 17.3 Å². The molecule has 2 nitrogen and oxygen atoms in total. The van der Waals surface area contributed by atoms with Crippen molar-refractivity contribution in [2.45, 2.75) is 25.1 Å². The molecule has 1 heterocycles. The maximum absolute atomic E-state index is 6.21. The molecule has 0 radical (unpaired) electrons. The summed E-state index contributed by atoms with van der Waals surface area (Å²) in [6.07, 6.45) is 1.25. The predicted molar refractivity (Wildman–Crippen MR) is 77.7 cm³/mol. The van der Waals surface area contributed by atoms with Gasteiger partial charge in [-0.2, -0.15) is 11.8 Å². The number of rotatable bonds is 3. The number of hydrogen-bond donors (Lipinski definition) is 1. The summed E-state index contributed by atoms with van der Waals surface area (Å²) in [5, 5.41) is 1.56. The summed E-state index contributed by atoms with van der Waals surface area (Å²) in [6, 6.07) is 5.81. The van der Waals surface area contributed by atoms with Gasteiger partial charge < -0.3 is 5.73 Å². The van der Waals surface area contributed by atoms with Gasteiger partial charge in [-0.1, -0.05) is 24.6 Å². The van der Waals surface area contributed by atoms with Crippen molar-refractivity contribution < 1.29 is 0 Å². The van der Waals surface area contributed by atoms with E-state index in [0.29, 0.717) is 0 Å². The van der Waals surface area contributed by atoms with Gasteiger partial charge in [-0.15, -0.1) is 0 Å². The fraction of sp³-hybridized carbons (Fsp3) is 0.538. The molecule has 1 atom stereocenters. The van der Waals surface area contributed by atoms with Crippen LogP contribution in [0.25, 0.3) is 0 Å². The highest BCUT2D eigenvalue weighted by atomic mass is 35.5. The molecule has 1 aliphatic heterocycles. The molecule has 0 saturated carbocycles. The van der Waals surface area contributed by atoms with Crippen LogP contribution in [-0.4, -0.2) is 29.0 Å². The van der Waals surface area contributed by atoms with E-state index in [0.717, 1.165) is 29.0 Å². The second-order valence-corrected chi connectivity index (χ2v) is 6.30. The highest BCUT2D eigenvalue weighted by Gasteiger charge is 2.19. The molecule has 1 unspecified atom stereocenters. The third-order valence-corrected chi connectivity index (χ3v) is 4.87. The molecule has 1 fully saturated rings. The number of anilines is 1. The lowest BCUT2D eigenvalue weighted by Gasteiger charge is -2.32. The lowest BCUT2D eigenvalue weighted by Crippen LogP contribution is -2.37. The molecule has 0 amide bonds. The number of thioether (sulfide) groups is 1. The second-order valence-electron chi connectivity index (χ2n) is 4.49. The fourth-order valence-electron chi connectivity index (χ4n) is 2.10. The average Bonchev–Trinajstić information content (AvgIpc) is 2.33. The highest BCUT2D eigenvalue weighted by Crippen LogP contribution is 2.25. The van der Waals surface area contributed by atoms with E-state index < -0.39 is 0 Å². The van der Waals surface area contributed by atoms with Gasteiger partial charge in [-0.3, -0.25) is 4.90 Å². The maximum Gasteiger partial charge on any atom is 0.0471 e. The molecular formula is C13H19ClN2S. The average molecular weight is 271 g/mol. The first kappa shape index (κ1) is 13.1. The van der Waals surface area contributed by atoms with E-state index in [1.165, 1.54) is 24.3 Å². The summed E-state index contributed by atoms with van der Waals surface area (Å²) < 4.78 is 0. The van der Waals surface area contributed by atoms with Gasteiger partial charge in [0.1, 0.15) is 0 Å². The molecule has 2 N–H and O–H groups in total. The second kappa shape index (κ2) is 5.98. The minimum absolute atomic E-state index is 0.736. The van der Waals surface area contributed by atoms with Crippen molar-refractivity contribution in [3.05, 3.63) is 28.8 Å². The monoisotopic (exact) mass is 270 g/mol. The topological polar surface area (TPSA) is 29.3 Å². The highest BCUT2D eigenvalue weighted by molar-refractivity contribution is 8.00. The zero-order valence-electron chi connectivity index (χ0n) is 10.2. The molecule has 1 aliphatic rings. The Balaban J connectivity index is 2.00. The Labute approximate surface area is 113 Å². The zero-order chi connectivity index (χ0) is 12.3. The molecule has 0 aliphatic carbocycles. The molecule has 0 aromatic heterocycles. The van der Waals surface area contributed by atoms with E-state index >= 15 is 0 Å². The number of hydrogen-bond acceptors (Lipinski definition) is 3. The lowest BCUT2D eigenvalue weighted by atomic mass is 10.2. The Morgan fingerprint density at radius 1 is 1.53 bits per heavy atom. The Hall–Kier alpha value is -0.380. The first-order chi connectivity index (χ1) is 8.19. The molecule has 0 spiro atoms. The van der Waals surface area contributed by atoms with Gasteiger partial charge >= 0.3 is 0 Å². The maximum atomic E-state index is 6.21. The number of benzene rings is 1. The summed E-state index contributed by atoms with van der Waals surface area (Å²) in [7, 11) is 0. The zero-order valence-corrected chi connectivity index (χ0v) is 11.7. The molecule has 94 valence electrons. The van der Waals surface area contributed by atoms with E-state index in [9.17, 15) is 0 Å². The van der Waals surface area contributed by atoms with E-state index in [1.54, 1.807) is 0 Å². The molecule has 1 aromatic rings. The molecule has 0 bridgehead atoms. The molecule has 1 aromatic carbocycles. The van der Waals surface area contributed by atoms with E-state index in [2.05, 4.69) is 23.6 Å². The predicted octanol–water partition coefficient (Wildman–Crippen LogP) is 3.25. The molecular weight excluding hydrogens is 252 g/mol. The summed E-state index contributed by atoms with van der Waals surface area (Å²) in [4.78, 5) is 2.49. The Morgan fingerprint density at radius 3 is 3.06 bits per heavy atom. The SMILES string of the molecule is CCC1CN(Cc2ccc(N)cc2Cl)CCS1. The van der Waals surface area contributed by atoms with Gasteiger partial charge in [0.15, 0.2) is 0 Å². The smallest absolute Gasteiger partial charge is 0.0471 e. The minimum Gasteiger partial charge on any atom is -0.399 e. The van der Waals surface area contributed by atoms with Crippen LogP contribution in [0.3, 0.4) is 0 Å². The van der Waals surface area contributed by atoms with Gasteiger partial charge in [0, 0.05) is 41.3 Å². The van der Waals surface area contributed by atoms with Crippen molar-refractivity contribution in [2.75, 3.05) is 24.6 Å². The van der Waals surface area contributed by atoms with Gasteiger partial charge in [0.2, 0.25) is 0 Å². The first-order valence-electron chi connectivity index (χ1n) is 6.07. The Morgan fingerprint density at radius 2 is 2.35 bits per heavy atom. The van der Waals surface area contributed by atoms with Crippen LogP contribution in [0.15, 0.2) is 18.2 Å². The number of nitrogen functional groups attached to an aromatic ring is 1. The van der Waals surface area contributed by atoms with E-state index in [1.807, 2.05) is 18.2 Å². The molecule has 4 heteroatoms. The van der Waals surface area contributed by atoms with Crippen LogP contribution in [-0.2, 0) is 6.54 Å². The third kappa shape index (κ3) is 3.54. The summed E-state index contributed by atoms with van der Waals surface area (Å²) in [5.41, 5.74) is 7.62. The Kier molecular flexibility index (Phi) is 4.60. The molecule has 2 rings (SSSR count). The van der Waals surface area contributed by atoms with Crippen LogP contribution < -0.4 is 5.73 Å². The van der Waals surface area contributed by atoms with Crippen LogP contribution in [0.4, 0.5) is 5.69 Å². The fourth-order valence-corrected chi connectivity index (χ4v) is 3.60. The van der Waals surface area contributed by atoms with Gasteiger partial charge in [0.25, 0.3) is 0 Å². The van der Waals surface area contributed by atoms with Crippen molar-refractivity contribution in [1.29, 1.82) is 0 Å².